The van der Waals surface area contributed by atoms with Crippen LogP contribution in [0.15, 0.2) is 47.2 Å². The predicted molar refractivity (Wildman–Crippen MR) is 105 cm³/mol. The molecule has 0 spiro atoms. The molecule has 0 radical (unpaired) electrons. The second kappa shape index (κ2) is 9.07. The second-order valence-corrected chi connectivity index (χ2v) is 6.23. The molecular weight excluding hydrogens is 354 g/mol. The lowest BCUT2D eigenvalue weighted by Crippen LogP contribution is -2.23. The second-order valence-electron chi connectivity index (χ2n) is 5.83. The molecule has 26 heavy (non-hydrogen) atoms. The van der Waals surface area contributed by atoms with E-state index >= 15 is 0 Å². The summed E-state index contributed by atoms with van der Waals surface area (Å²) in [7, 11) is 0. The van der Waals surface area contributed by atoms with Crippen molar-refractivity contribution in [2.45, 2.75) is 25.3 Å². The predicted octanol–water partition coefficient (Wildman–Crippen LogP) is 1.97. The summed E-state index contributed by atoms with van der Waals surface area (Å²) in [6.45, 7) is 0. The maximum absolute atomic E-state index is 12.2. The van der Waals surface area contributed by atoms with Crippen LogP contribution in [-0.4, -0.2) is 18.4 Å². The highest BCUT2D eigenvalue weighted by Gasteiger charge is 2.14. The molecule has 138 valence electrons. The van der Waals surface area contributed by atoms with Crippen molar-refractivity contribution in [3.05, 3.63) is 52.7 Å². The van der Waals surface area contributed by atoms with Crippen LogP contribution in [0.1, 0.15) is 24.8 Å². The molecule has 7 nitrogen and oxygen atoms in total. The molecule has 2 amide bonds. The number of rotatable bonds is 2. The van der Waals surface area contributed by atoms with Gasteiger partial charge in [-0.15, -0.1) is 0 Å². The number of hydrogen-bond donors (Lipinski definition) is 5. The van der Waals surface area contributed by atoms with Gasteiger partial charge in [0.1, 0.15) is 5.16 Å². The summed E-state index contributed by atoms with van der Waals surface area (Å²) < 4.78 is 0. The molecule has 1 aromatic carbocycles. The summed E-state index contributed by atoms with van der Waals surface area (Å²) >= 11 is 5.99. The van der Waals surface area contributed by atoms with Gasteiger partial charge in [-0.2, -0.15) is 0 Å². The fourth-order valence-corrected chi connectivity index (χ4v) is 2.77. The molecule has 8 heteroatoms. The molecule has 0 aliphatic carbocycles. The lowest BCUT2D eigenvalue weighted by atomic mass is 10.0. The quantitative estimate of drug-likeness (QED) is 0.306. The van der Waals surface area contributed by atoms with Gasteiger partial charge < -0.3 is 27.8 Å². The van der Waals surface area contributed by atoms with Crippen molar-refractivity contribution < 1.29 is 9.59 Å². The number of allylic oxidation sites excluding steroid dienone is 1. The SMILES string of the molecule is N/C1=C\C(=C(/N)Cl)C(N)C/C=C/CCC(=O)Nc2cc(NC=O)ccc21. The third-order valence-electron chi connectivity index (χ3n) is 3.91. The first-order valence-corrected chi connectivity index (χ1v) is 8.47. The molecule has 0 bridgehead atoms. The molecule has 8 N–H and O–H groups in total. The van der Waals surface area contributed by atoms with Crippen molar-refractivity contribution in [2.75, 3.05) is 10.6 Å². The Hall–Kier alpha value is -2.77. The molecule has 1 atom stereocenters. The Kier molecular flexibility index (Phi) is 6.82. The van der Waals surface area contributed by atoms with Crippen molar-refractivity contribution in [1.82, 2.24) is 0 Å². The van der Waals surface area contributed by atoms with Gasteiger partial charge in [0.05, 0.1) is 5.69 Å². The van der Waals surface area contributed by atoms with Crippen molar-refractivity contribution in [2.24, 2.45) is 17.2 Å². The lowest BCUT2D eigenvalue weighted by molar-refractivity contribution is -0.116. The monoisotopic (exact) mass is 375 g/mol. The first kappa shape index (κ1) is 19.6. The summed E-state index contributed by atoms with van der Waals surface area (Å²) in [5.74, 6) is -0.164. The number of benzene rings is 1. The molecule has 2 rings (SSSR count). The van der Waals surface area contributed by atoms with Gasteiger partial charge in [-0.25, -0.2) is 0 Å². The molecule has 0 fully saturated rings. The van der Waals surface area contributed by atoms with E-state index in [1.807, 2.05) is 12.2 Å². The lowest BCUT2D eigenvalue weighted by Gasteiger charge is -2.16. The minimum Gasteiger partial charge on any atom is -0.398 e. The largest absolute Gasteiger partial charge is 0.398 e. The molecule has 0 saturated carbocycles. The Morgan fingerprint density at radius 2 is 2.12 bits per heavy atom. The zero-order chi connectivity index (χ0) is 19.1. The smallest absolute Gasteiger partial charge is 0.224 e. The molecular formula is C18H22ClN5O2. The highest BCUT2D eigenvalue weighted by molar-refractivity contribution is 6.29. The van der Waals surface area contributed by atoms with E-state index in [1.54, 1.807) is 24.3 Å². The van der Waals surface area contributed by atoms with E-state index < -0.39 is 6.04 Å². The average Bonchev–Trinajstić information content (AvgIpc) is 2.59. The summed E-state index contributed by atoms with van der Waals surface area (Å²) in [6, 6.07) is 4.57. The van der Waals surface area contributed by atoms with Crippen LogP contribution in [0, 0.1) is 0 Å². The Balaban J connectivity index is 2.55. The van der Waals surface area contributed by atoms with Crippen LogP contribution in [0.5, 0.6) is 0 Å². The van der Waals surface area contributed by atoms with E-state index in [4.69, 9.17) is 28.8 Å². The van der Waals surface area contributed by atoms with Crippen LogP contribution in [0.3, 0.4) is 0 Å². The van der Waals surface area contributed by atoms with E-state index in [0.717, 1.165) is 0 Å². The zero-order valence-corrected chi connectivity index (χ0v) is 14.9. The number of halogens is 1. The van der Waals surface area contributed by atoms with E-state index in [-0.39, 0.29) is 11.1 Å². The highest BCUT2D eigenvalue weighted by atomic mass is 35.5. The van der Waals surface area contributed by atoms with Crippen LogP contribution in [0.25, 0.3) is 5.70 Å². The van der Waals surface area contributed by atoms with Gasteiger partial charge in [-0.3, -0.25) is 9.59 Å². The zero-order valence-electron chi connectivity index (χ0n) is 14.2. The molecule has 0 aromatic heterocycles. The van der Waals surface area contributed by atoms with Crippen LogP contribution < -0.4 is 27.8 Å². The summed E-state index contributed by atoms with van der Waals surface area (Å²) in [4.78, 5) is 22.9. The third-order valence-corrected chi connectivity index (χ3v) is 4.13. The van der Waals surface area contributed by atoms with Gasteiger partial charge in [0.25, 0.3) is 0 Å². The topological polar surface area (TPSA) is 136 Å². The van der Waals surface area contributed by atoms with Crippen LogP contribution >= 0.6 is 11.6 Å². The van der Waals surface area contributed by atoms with Crippen LogP contribution in [0.2, 0.25) is 0 Å². The summed E-state index contributed by atoms with van der Waals surface area (Å²) in [6.07, 6.45) is 7.33. The van der Waals surface area contributed by atoms with Gasteiger partial charge in [0.2, 0.25) is 12.3 Å². The fourth-order valence-electron chi connectivity index (χ4n) is 2.57. The van der Waals surface area contributed by atoms with E-state index in [2.05, 4.69) is 10.6 Å². The molecule has 0 saturated heterocycles. The maximum atomic E-state index is 12.2. The fraction of sp³-hybridized carbons (Fsp3) is 0.222. The Bertz CT molecular complexity index is 782. The Labute approximate surface area is 156 Å². The third kappa shape index (κ3) is 5.11. The normalized spacial score (nSPS) is 23.7. The number of nitrogens with two attached hydrogens (primary N) is 3. The van der Waals surface area contributed by atoms with Gasteiger partial charge in [0.15, 0.2) is 0 Å². The number of anilines is 2. The van der Waals surface area contributed by atoms with E-state index in [0.29, 0.717) is 53.9 Å². The molecule has 1 unspecified atom stereocenters. The van der Waals surface area contributed by atoms with Crippen molar-refractivity contribution in [3.8, 4) is 0 Å². The van der Waals surface area contributed by atoms with E-state index in [9.17, 15) is 9.59 Å². The number of carbonyl (C=O) groups is 2. The molecule has 1 aromatic rings. The first-order valence-electron chi connectivity index (χ1n) is 8.09. The Morgan fingerprint density at radius 3 is 2.81 bits per heavy atom. The average molecular weight is 376 g/mol. The number of carbonyl (C=O) groups excluding carboxylic acids is 2. The summed E-state index contributed by atoms with van der Waals surface area (Å²) in [5.41, 5.74) is 20.6. The van der Waals surface area contributed by atoms with Crippen molar-refractivity contribution in [3.63, 3.8) is 0 Å². The van der Waals surface area contributed by atoms with E-state index in [1.165, 1.54) is 0 Å². The maximum Gasteiger partial charge on any atom is 0.224 e. The molecule has 1 aliphatic heterocycles. The van der Waals surface area contributed by atoms with Gasteiger partial charge in [-0.05, 0) is 37.1 Å². The van der Waals surface area contributed by atoms with Crippen molar-refractivity contribution in [1.29, 1.82) is 0 Å². The number of fused-ring (bicyclic) bond motifs is 1. The van der Waals surface area contributed by atoms with Gasteiger partial charge in [0, 0.05) is 35.0 Å². The van der Waals surface area contributed by atoms with Gasteiger partial charge in [-0.1, -0.05) is 23.8 Å². The molecule has 1 aliphatic rings. The summed E-state index contributed by atoms with van der Waals surface area (Å²) in [5, 5.41) is 5.43. The number of amides is 2. The van der Waals surface area contributed by atoms with Gasteiger partial charge >= 0.3 is 0 Å². The van der Waals surface area contributed by atoms with Crippen LogP contribution in [-0.2, 0) is 9.59 Å². The highest BCUT2D eigenvalue weighted by Crippen LogP contribution is 2.27. The minimum absolute atomic E-state index is 0.0635. The number of hydrogen-bond acceptors (Lipinski definition) is 5. The Morgan fingerprint density at radius 1 is 1.35 bits per heavy atom. The first-order chi connectivity index (χ1) is 12.4. The standard InChI is InChI=1S/C18H22ClN5O2/c19-18(22)13-9-15(21)12-7-6-11(23-10-25)8-16(12)24-17(26)5-3-1-2-4-14(13)20/h1-2,6-10,14H,3-5,20-22H2,(H,23,25)(H,24,26)/b2-1+,15-9-,18-13+. The van der Waals surface area contributed by atoms with Crippen molar-refractivity contribution >= 4 is 41.0 Å². The molecule has 1 heterocycles. The minimum atomic E-state index is -0.425. The number of nitrogens with one attached hydrogen (secondary N) is 2. The van der Waals surface area contributed by atoms with Crippen LogP contribution in [0.4, 0.5) is 11.4 Å².